The summed E-state index contributed by atoms with van der Waals surface area (Å²) in [5.41, 5.74) is 7.33. The average molecular weight is 258 g/mol. The quantitative estimate of drug-likeness (QED) is 0.733. The highest BCUT2D eigenvalue weighted by Gasteiger charge is 2.04. The van der Waals surface area contributed by atoms with E-state index in [1.807, 2.05) is 18.2 Å². The highest BCUT2D eigenvalue weighted by molar-refractivity contribution is 6.33. The number of nitrogens with one attached hydrogen (secondary N) is 1. The number of halogens is 1. The molecule has 0 saturated heterocycles. The Hall–Kier alpha value is -0.970. The van der Waals surface area contributed by atoms with Gasteiger partial charge in [-0.15, -0.1) is 0 Å². The van der Waals surface area contributed by atoms with E-state index in [0.29, 0.717) is 10.7 Å². The van der Waals surface area contributed by atoms with Gasteiger partial charge < -0.3 is 20.7 Å². The Kier molecular flexibility index (Phi) is 6.11. The number of hydrogen-bond donors (Lipinski definition) is 2. The second-order valence-electron chi connectivity index (χ2n) is 3.93. The standard InChI is InChI=1S/C12H20ClN3O/c1-16(8-9-17-2)7-6-15-12-10(13)4-3-5-11(12)14/h3-5,15H,6-9,14H2,1-2H3. The number of benzene rings is 1. The minimum absolute atomic E-state index is 0.657. The minimum atomic E-state index is 0.657. The van der Waals surface area contributed by atoms with E-state index in [-0.39, 0.29) is 0 Å². The summed E-state index contributed by atoms with van der Waals surface area (Å²) >= 11 is 6.05. The van der Waals surface area contributed by atoms with Crippen LogP contribution in [0.25, 0.3) is 0 Å². The van der Waals surface area contributed by atoms with E-state index >= 15 is 0 Å². The van der Waals surface area contributed by atoms with Crippen LogP contribution in [0.2, 0.25) is 5.02 Å². The fourth-order valence-electron chi connectivity index (χ4n) is 1.46. The van der Waals surface area contributed by atoms with Crippen molar-refractivity contribution >= 4 is 23.0 Å². The fraction of sp³-hybridized carbons (Fsp3) is 0.500. The van der Waals surface area contributed by atoms with Crippen molar-refractivity contribution in [3.8, 4) is 0 Å². The molecule has 4 nitrogen and oxygen atoms in total. The van der Waals surface area contributed by atoms with E-state index in [0.717, 1.165) is 31.9 Å². The van der Waals surface area contributed by atoms with Crippen LogP contribution in [0.3, 0.4) is 0 Å². The summed E-state index contributed by atoms with van der Waals surface area (Å²) in [5.74, 6) is 0. The molecule has 0 heterocycles. The molecule has 0 aromatic heterocycles. The second-order valence-corrected chi connectivity index (χ2v) is 4.33. The molecule has 1 rings (SSSR count). The maximum absolute atomic E-state index is 6.05. The molecule has 0 unspecified atom stereocenters. The highest BCUT2D eigenvalue weighted by atomic mass is 35.5. The van der Waals surface area contributed by atoms with Gasteiger partial charge in [-0.1, -0.05) is 17.7 Å². The van der Waals surface area contributed by atoms with Crippen LogP contribution in [0, 0.1) is 0 Å². The van der Waals surface area contributed by atoms with Crippen molar-refractivity contribution < 1.29 is 4.74 Å². The summed E-state index contributed by atoms with van der Waals surface area (Å²) in [6.07, 6.45) is 0. The van der Waals surface area contributed by atoms with Crippen molar-refractivity contribution in [1.29, 1.82) is 0 Å². The molecular formula is C12H20ClN3O. The monoisotopic (exact) mass is 257 g/mol. The highest BCUT2D eigenvalue weighted by Crippen LogP contribution is 2.27. The largest absolute Gasteiger partial charge is 0.397 e. The molecule has 5 heteroatoms. The van der Waals surface area contributed by atoms with Crippen LogP contribution >= 0.6 is 11.6 Å². The molecule has 0 aliphatic carbocycles. The second kappa shape index (κ2) is 7.37. The summed E-state index contributed by atoms with van der Waals surface area (Å²) in [7, 11) is 3.76. The SMILES string of the molecule is COCCN(C)CCNc1c(N)cccc1Cl. The van der Waals surface area contributed by atoms with Crippen molar-refractivity contribution in [2.75, 3.05) is 51.4 Å². The molecule has 3 N–H and O–H groups in total. The van der Waals surface area contributed by atoms with Crippen LogP contribution in [-0.4, -0.2) is 45.3 Å². The Labute approximate surface area is 108 Å². The molecular weight excluding hydrogens is 238 g/mol. The zero-order chi connectivity index (χ0) is 12.7. The van der Waals surface area contributed by atoms with Gasteiger partial charge in [0.25, 0.3) is 0 Å². The zero-order valence-electron chi connectivity index (χ0n) is 10.4. The van der Waals surface area contributed by atoms with Gasteiger partial charge in [-0.2, -0.15) is 0 Å². The first kappa shape index (κ1) is 14.1. The number of nitrogens with two attached hydrogens (primary N) is 1. The van der Waals surface area contributed by atoms with E-state index in [9.17, 15) is 0 Å². The number of nitrogen functional groups attached to an aromatic ring is 1. The van der Waals surface area contributed by atoms with Gasteiger partial charge in [-0.05, 0) is 19.2 Å². The summed E-state index contributed by atoms with van der Waals surface area (Å²) in [6, 6.07) is 5.51. The van der Waals surface area contributed by atoms with Crippen molar-refractivity contribution in [2.45, 2.75) is 0 Å². The van der Waals surface area contributed by atoms with Crippen LogP contribution in [0.5, 0.6) is 0 Å². The maximum Gasteiger partial charge on any atom is 0.0763 e. The molecule has 0 amide bonds. The van der Waals surface area contributed by atoms with Gasteiger partial charge in [0.05, 0.1) is 23.0 Å². The van der Waals surface area contributed by atoms with E-state index < -0.39 is 0 Å². The molecule has 0 saturated carbocycles. The Morgan fingerprint density at radius 3 is 2.82 bits per heavy atom. The number of likely N-dealkylation sites (N-methyl/N-ethyl adjacent to an activating group) is 1. The van der Waals surface area contributed by atoms with Gasteiger partial charge in [0, 0.05) is 26.7 Å². The number of hydrogen-bond acceptors (Lipinski definition) is 4. The van der Waals surface area contributed by atoms with Crippen molar-refractivity contribution in [1.82, 2.24) is 4.90 Å². The first-order valence-corrected chi connectivity index (χ1v) is 5.98. The lowest BCUT2D eigenvalue weighted by atomic mass is 10.2. The Morgan fingerprint density at radius 1 is 1.41 bits per heavy atom. The smallest absolute Gasteiger partial charge is 0.0763 e. The van der Waals surface area contributed by atoms with Crippen molar-refractivity contribution in [2.24, 2.45) is 0 Å². The third-order valence-electron chi connectivity index (χ3n) is 2.52. The summed E-state index contributed by atoms with van der Waals surface area (Å²) in [5, 5.41) is 3.91. The van der Waals surface area contributed by atoms with Crippen molar-refractivity contribution in [3.63, 3.8) is 0 Å². The molecule has 0 spiro atoms. The van der Waals surface area contributed by atoms with E-state index in [2.05, 4.69) is 17.3 Å². The average Bonchev–Trinajstić information content (AvgIpc) is 2.30. The summed E-state index contributed by atoms with van der Waals surface area (Å²) in [4.78, 5) is 2.18. The fourth-order valence-corrected chi connectivity index (χ4v) is 1.71. The third kappa shape index (κ3) is 4.81. The Morgan fingerprint density at radius 2 is 2.18 bits per heavy atom. The number of para-hydroxylation sites is 1. The van der Waals surface area contributed by atoms with Gasteiger partial charge in [0.15, 0.2) is 0 Å². The van der Waals surface area contributed by atoms with E-state index in [1.165, 1.54) is 0 Å². The number of rotatable bonds is 7. The number of ether oxygens (including phenoxy) is 1. The van der Waals surface area contributed by atoms with E-state index in [1.54, 1.807) is 7.11 Å². The number of anilines is 2. The molecule has 17 heavy (non-hydrogen) atoms. The van der Waals surface area contributed by atoms with Crippen LogP contribution in [0.1, 0.15) is 0 Å². The molecule has 0 bridgehead atoms. The minimum Gasteiger partial charge on any atom is -0.397 e. The van der Waals surface area contributed by atoms with Crippen LogP contribution in [-0.2, 0) is 4.74 Å². The lowest BCUT2D eigenvalue weighted by molar-refractivity contribution is 0.163. The Balaban J connectivity index is 2.35. The van der Waals surface area contributed by atoms with Gasteiger partial charge >= 0.3 is 0 Å². The number of nitrogens with zero attached hydrogens (tertiary/aromatic N) is 1. The lowest BCUT2D eigenvalue weighted by Gasteiger charge is -2.17. The van der Waals surface area contributed by atoms with Crippen LogP contribution in [0.15, 0.2) is 18.2 Å². The Bertz CT molecular complexity index is 326. The molecule has 0 aliphatic heterocycles. The summed E-state index contributed by atoms with van der Waals surface area (Å²) < 4.78 is 5.01. The normalized spacial score (nSPS) is 10.8. The van der Waals surface area contributed by atoms with Gasteiger partial charge in [0.1, 0.15) is 0 Å². The zero-order valence-corrected chi connectivity index (χ0v) is 11.1. The van der Waals surface area contributed by atoms with E-state index in [4.69, 9.17) is 22.1 Å². The molecule has 0 aliphatic rings. The summed E-state index contributed by atoms with van der Waals surface area (Å²) in [6.45, 7) is 3.36. The van der Waals surface area contributed by atoms with Crippen molar-refractivity contribution in [3.05, 3.63) is 23.2 Å². The molecule has 1 aromatic rings. The van der Waals surface area contributed by atoms with Gasteiger partial charge in [-0.3, -0.25) is 0 Å². The predicted molar refractivity (Wildman–Crippen MR) is 73.7 cm³/mol. The predicted octanol–water partition coefficient (Wildman–Crippen LogP) is 1.91. The molecule has 96 valence electrons. The first-order chi connectivity index (χ1) is 8.15. The lowest BCUT2D eigenvalue weighted by Crippen LogP contribution is -2.28. The topological polar surface area (TPSA) is 50.5 Å². The number of methoxy groups -OCH3 is 1. The van der Waals surface area contributed by atoms with Gasteiger partial charge in [0.2, 0.25) is 0 Å². The van der Waals surface area contributed by atoms with Crippen LogP contribution in [0.4, 0.5) is 11.4 Å². The van der Waals surface area contributed by atoms with Crippen LogP contribution < -0.4 is 11.1 Å². The molecule has 0 atom stereocenters. The van der Waals surface area contributed by atoms with Gasteiger partial charge in [-0.25, -0.2) is 0 Å². The third-order valence-corrected chi connectivity index (χ3v) is 2.83. The maximum atomic E-state index is 6.05. The molecule has 0 radical (unpaired) electrons. The molecule has 0 fully saturated rings. The first-order valence-electron chi connectivity index (χ1n) is 5.60. The molecule has 1 aromatic carbocycles.